The van der Waals surface area contributed by atoms with E-state index in [2.05, 4.69) is 5.32 Å². The summed E-state index contributed by atoms with van der Waals surface area (Å²) in [5.41, 5.74) is 2.92. The van der Waals surface area contributed by atoms with Crippen molar-refractivity contribution in [3.8, 4) is 5.75 Å². The number of rotatable bonds is 6. The number of aromatic nitrogens is 1. The standard InChI is InChI=1S/C21H20N2O2/c1-17-7-5-6-14-23(17)15-21(24)22-19-10-12-20(13-11-19)25-16-18-8-3-2-4-9-18/h2-14H,15-16H2,1H3/p+1. The Kier molecular flexibility index (Phi) is 5.42. The number of pyridine rings is 1. The lowest BCUT2D eigenvalue weighted by Gasteiger charge is -2.08. The van der Waals surface area contributed by atoms with Gasteiger partial charge in [-0.15, -0.1) is 0 Å². The van der Waals surface area contributed by atoms with Gasteiger partial charge >= 0.3 is 0 Å². The van der Waals surface area contributed by atoms with Crippen LogP contribution in [0.4, 0.5) is 5.69 Å². The molecule has 2 aromatic carbocycles. The number of benzene rings is 2. The topological polar surface area (TPSA) is 42.2 Å². The predicted molar refractivity (Wildman–Crippen MR) is 97.2 cm³/mol. The fraction of sp³-hybridized carbons (Fsp3) is 0.143. The molecule has 0 aliphatic carbocycles. The molecule has 0 saturated heterocycles. The van der Waals surface area contributed by atoms with Gasteiger partial charge in [0.15, 0.2) is 11.9 Å². The fourth-order valence-electron chi connectivity index (χ4n) is 2.47. The quantitative estimate of drug-likeness (QED) is 0.702. The first-order valence-electron chi connectivity index (χ1n) is 8.22. The van der Waals surface area contributed by atoms with E-state index in [1.54, 1.807) is 0 Å². The highest BCUT2D eigenvalue weighted by atomic mass is 16.5. The first-order chi connectivity index (χ1) is 12.2. The number of hydrogen-bond donors (Lipinski definition) is 1. The van der Waals surface area contributed by atoms with Gasteiger partial charge in [-0.1, -0.05) is 36.4 Å². The molecule has 0 aliphatic rings. The van der Waals surface area contributed by atoms with Crippen molar-refractivity contribution in [2.75, 3.05) is 5.32 Å². The van der Waals surface area contributed by atoms with E-state index in [0.29, 0.717) is 13.2 Å². The first-order valence-corrected chi connectivity index (χ1v) is 8.22. The average molecular weight is 333 g/mol. The number of anilines is 1. The summed E-state index contributed by atoms with van der Waals surface area (Å²) in [5, 5.41) is 2.90. The van der Waals surface area contributed by atoms with Crippen molar-refractivity contribution < 1.29 is 14.1 Å². The van der Waals surface area contributed by atoms with Crippen LogP contribution < -0.4 is 14.6 Å². The third-order valence-corrected chi connectivity index (χ3v) is 3.87. The van der Waals surface area contributed by atoms with E-state index in [0.717, 1.165) is 22.7 Å². The van der Waals surface area contributed by atoms with Crippen LogP contribution in [0.5, 0.6) is 5.75 Å². The van der Waals surface area contributed by atoms with Crippen LogP contribution in [-0.4, -0.2) is 5.91 Å². The average Bonchev–Trinajstić information content (AvgIpc) is 2.64. The molecule has 1 amide bonds. The summed E-state index contributed by atoms with van der Waals surface area (Å²) in [6.07, 6.45) is 1.90. The Labute approximate surface area is 147 Å². The highest BCUT2D eigenvalue weighted by Gasteiger charge is 2.11. The largest absolute Gasteiger partial charge is 0.489 e. The molecule has 3 aromatic rings. The minimum Gasteiger partial charge on any atom is -0.489 e. The Hall–Kier alpha value is -3.14. The van der Waals surface area contributed by atoms with Crippen LogP contribution in [0.2, 0.25) is 0 Å². The summed E-state index contributed by atoms with van der Waals surface area (Å²) in [4.78, 5) is 12.2. The Morgan fingerprint density at radius 1 is 0.960 bits per heavy atom. The second kappa shape index (κ2) is 8.11. The summed E-state index contributed by atoms with van der Waals surface area (Å²) < 4.78 is 7.66. The summed E-state index contributed by atoms with van der Waals surface area (Å²) in [6, 6.07) is 23.3. The highest BCUT2D eigenvalue weighted by Crippen LogP contribution is 2.17. The second-order valence-corrected chi connectivity index (χ2v) is 5.82. The molecule has 4 heteroatoms. The van der Waals surface area contributed by atoms with E-state index in [1.807, 2.05) is 90.5 Å². The second-order valence-electron chi connectivity index (χ2n) is 5.82. The van der Waals surface area contributed by atoms with Gasteiger partial charge in [0.2, 0.25) is 6.54 Å². The molecule has 0 fully saturated rings. The minimum atomic E-state index is -0.0581. The number of nitrogens with zero attached hydrogens (tertiary/aromatic N) is 1. The number of carbonyl (C=O) groups is 1. The van der Waals surface area contributed by atoms with Crippen molar-refractivity contribution in [3.05, 3.63) is 90.3 Å². The maximum Gasteiger partial charge on any atom is 0.290 e. The van der Waals surface area contributed by atoms with Crippen LogP contribution >= 0.6 is 0 Å². The third-order valence-electron chi connectivity index (χ3n) is 3.87. The monoisotopic (exact) mass is 333 g/mol. The lowest BCUT2D eigenvalue weighted by atomic mass is 10.2. The maximum atomic E-state index is 12.2. The van der Waals surface area contributed by atoms with Crippen molar-refractivity contribution in [1.82, 2.24) is 0 Å². The molecule has 1 heterocycles. The molecule has 0 unspecified atom stereocenters. The normalized spacial score (nSPS) is 10.3. The van der Waals surface area contributed by atoms with Crippen LogP contribution in [0.15, 0.2) is 79.0 Å². The molecular weight excluding hydrogens is 312 g/mol. The van der Waals surface area contributed by atoms with Gasteiger partial charge in [-0.05, 0) is 29.8 Å². The lowest BCUT2D eigenvalue weighted by Crippen LogP contribution is -2.42. The molecule has 1 aromatic heterocycles. The number of hydrogen-bond acceptors (Lipinski definition) is 2. The zero-order valence-corrected chi connectivity index (χ0v) is 14.2. The van der Waals surface area contributed by atoms with Gasteiger partial charge in [0, 0.05) is 24.7 Å². The molecule has 0 radical (unpaired) electrons. The molecular formula is C21H21N2O2+. The van der Waals surface area contributed by atoms with Gasteiger partial charge in [-0.25, -0.2) is 0 Å². The van der Waals surface area contributed by atoms with E-state index in [4.69, 9.17) is 4.74 Å². The molecule has 0 bridgehead atoms. The van der Waals surface area contributed by atoms with Gasteiger partial charge in [-0.3, -0.25) is 4.79 Å². The highest BCUT2D eigenvalue weighted by molar-refractivity contribution is 5.89. The van der Waals surface area contributed by atoms with E-state index >= 15 is 0 Å². The van der Waals surface area contributed by atoms with Crippen LogP contribution in [0.25, 0.3) is 0 Å². The number of amides is 1. The smallest absolute Gasteiger partial charge is 0.290 e. The van der Waals surface area contributed by atoms with Gasteiger partial charge < -0.3 is 10.1 Å². The van der Waals surface area contributed by atoms with Gasteiger partial charge in [-0.2, -0.15) is 4.57 Å². The molecule has 25 heavy (non-hydrogen) atoms. The molecule has 0 aliphatic heterocycles. The third kappa shape index (κ3) is 4.91. The molecule has 0 atom stereocenters. The van der Waals surface area contributed by atoms with E-state index in [1.165, 1.54) is 0 Å². The van der Waals surface area contributed by atoms with Gasteiger partial charge in [0.05, 0.1) is 0 Å². The minimum absolute atomic E-state index is 0.0581. The Morgan fingerprint density at radius 2 is 1.68 bits per heavy atom. The first kappa shape index (κ1) is 16.7. The van der Waals surface area contributed by atoms with E-state index in [-0.39, 0.29) is 5.91 Å². The Balaban J connectivity index is 1.53. The van der Waals surface area contributed by atoms with Crippen LogP contribution in [0.3, 0.4) is 0 Å². The van der Waals surface area contributed by atoms with Crippen LogP contribution in [0, 0.1) is 6.92 Å². The van der Waals surface area contributed by atoms with Crippen molar-refractivity contribution in [3.63, 3.8) is 0 Å². The fourth-order valence-corrected chi connectivity index (χ4v) is 2.47. The summed E-state index contributed by atoms with van der Waals surface area (Å²) in [7, 11) is 0. The number of ether oxygens (including phenoxy) is 1. The Morgan fingerprint density at radius 3 is 2.40 bits per heavy atom. The van der Waals surface area contributed by atoms with Crippen LogP contribution in [0.1, 0.15) is 11.3 Å². The van der Waals surface area contributed by atoms with Crippen molar-refractivity contribution in [1.29, 1.82) is 0 Å². The number of aryl methyl sites for hydroxylation is 1. The number of nitrogens with one attached hydrogen (secondary N) is 1. The predicted octanol–water partition coefficient (Wildman–Crippen LogP) is 3.50. The summed E-state index contributed by atoms with van der Waals surface area (Å²) >= 11 is 0. The SMILES string of the molecule is Cc1cccc[n+]1CC(=O)Nc1ccc(OCc2ccccc2)cc1. The van der Waals surface area contributed by atoms with Crippen molar-refractivity contribution in [2.45, 2.75) is 20.1 Å². The molecule has 4 nitrogen and oxygen atoms in total. The van der Waals surface area contributed by atoms with Gasteiger partial charge in [0.1, 0.15) is 12.4 Å². The lowest BCUT2D eigenvalue weighted by molar-refractivity contribution is -0.690. The molecule has 0 spiro atoms. The van der Waals surface area contributed by atoms with E-state index < -0.39 is 0 Å². The molecule has 1 N–H and O–H groups in total. The Bertz CT molecular complexity index is 830. The maximum absolute atomic E-state index is 12.2. The molecule has 0 saturated carbocycles. The molecule has 3 rings (SSSR count). The zero-order valence-electron chi connectivity index (χ0n) is 14.2. The molecule has 126 valence electrons. The summed E-state index contributed by atoms with van der Waals surface area (Å²) in [6.45, 7) is 2.79. The van der Waals surface area contributed by atoms with Crippen molar-refractivity contribution >= 4 is 11.6 Å². The van der Waals surface area contributed by atoms with E-state index in [9.17, 15) is 4.79 Å². The van der Waals surface area contributed by atoms with Crippen molar-refractivity contribution in [2.24, 2.45) is 0 Å². The number of carbonyl (C=O) groups excluding carboxylic acids is 1. The summed E-state index contributed by atoms with van der Waals surface area (Å²) in [5.74, 6) is 0.715. The zero-order chi connectivity index (χ0) is 17.5. The van der Waals surface area contributed by atoms with Crippen LogP contribution in [-0.2, 0) is 17.9 Å². The van der Waals surface area contributed by atoms with Gasteiger partial charge in [0.25, 0.3) is 5.91 Å².